The van der Waals surface area contributed by atoms with Crippen molar-refractivity contribution in [3.63, 3.8) is 0 Å². The number of carbonyl (C=O) groups is 1. The second-order valence-electron chi connectivity index (χ2n) is 8.26. The molecule has 0 aliphatic carbocycles. The van der Waals surface area contributed by atoms with Crippen molar-refractivity contribution >= 4 is 22.5 Å². The number of carbonyl (C=O) groups excluding carboxylic acids is 1. The number of anilines is 1. The fourth-order valence-corrected chi connectivity index (χ4v) is 4.29. The lowest BCUT2D eigenvalue weighted by Crippen LogP contribution is -2.43. The largest absolute Gasteiger partial charge is 0.497 e. The molecule has 11 nitrogen and oxygen atoms in total. The molecule has 1 saturated heterocycles. The van der Waals surface area contributed by atoms with Gasteiger partial charge in [-0.15, -0.1) is 0 Å². The zero-order valence-electron chi connectivity index (χ0n) is 20.7. The minimum Gasteiger partial charge on any atom is -0.497 e. The van der Waals surface area contributed by atoms with Crippen molar-refractivity contribution < 1.29 is 28.5 Å². The lowest BCUT2D eigenvalue weighted by molar-refractivity contribution is -0.116. The summed E-state index contributed by atoms with van der Waals surface area (Å²) in [6, 6.07) is 8.01. The van der Waals surface area contributed by atoms with Crippen molar-refractivity contribution in [2.75, 3.05) is 40.4 Å². The quantitative estimate of drug-likeness (QED) is 0.475. The van der Waals surface area contributed by atoms with Gasteiger partial charge in [-0.1, -0.05) is 0 Å². The minimum atomic E-state index is -0.622. The molecule has 1 atom stereocenters. The van der Waals surface area contributed by atoms with Crippen LogP contribution in [0, 0.1) is 0 Å². The second kappa shape index (κ2) is 10.7. The average molecular weight is 500 g/mol. The summed E-state index contributed by atoms with van der Waals surface area (Å²) in [6.07, 6.45) is 1.35. The summed E-state index contributed by atoms with van der Waals surface area (Å²) in [5.74, 6) is 1.11. The highest BCUT2D eigenvalue weighted by atomic mass is 16.5. The molecule has 0 bridgehead atoms. The molecule has 192 valence electrons. The van der Waals surface area contributed by atoms with E-state index in [1.807, 2.05) is 0 Å². The van der Waals surface area contributed by atoms with Gasteiger partial charge in [0.2, 0.25) is 5.91 Å². The van der Waals surface area contributed by atoms with Crippen LogP contribution in [0.4, 0.5) is 5.69 Å². The second-order valence-corrected chi connectivity index (χ2v) is 8.26. The standard InChI is InChI=1S/C25H29N3O8/c1-32-15-7-8-20(33-2)18(10-15)26-23(29)14-27-19-12-22(35-4)21(34-3)11-17(19)24(30)28(25(27)31)13-16-6-5-9-36-16/h7-8,10-12,16H,5-6,9,13-14H2,1-4H3,(H,26,29)/t16-/m0/s1. The average Bonchev–Trinajstić information content (AvgIpc) is 3.41. The Kier molecular flexibility index (Phi) is 7.49. The number of fused-ring (bicyclic) bond motifs is 1. The van der Waals surface area contributed by atoms with Crippen LogP contribution in [0.25, 0.3) is 10.9 Å². The maximum atomic E-state index is 13.5. The van der Waals surface area contributed by atoms with Crippen molar-refractivity contribution in [3.05, 3.63) is 51.2 Å². The Morgan fingerprint density at radius 2 is 1.69 bits per heavy atom. The number of benzene rings is 2. The van der Waals surface area contributed by atoms with Gasteiger partial charge in [-0.3, -0.25) is 18.7 Å². The first-order valence-corrected chi connectivity index (χ1v) is 11.4. The molecule has 1 aliphatic rings. The van der Waals surface area contributed by atoms with Gasteiger partial charge in [0.05, 0.1) is 57.7 Å². The van der Waals surface area contributed by atoms with Crippen LogP contribution in [0.1, 0.15) is 12.8 Å². The fraction of sp³-hybridized carbons (Fsp3) is 0.400. The number of rotatable bonds is 9. The minimum absolute atomic E-state index is 0.0906. The summed E-state index contributed by atoms with van der Waals surface area (Å²) in [7, 11) is 5.90. The predicted octanol–water partition coefficient (Wildman–Crippen LogP) is 2.02. The monoisotopic (exact) mass is 499 g/mol. The Labute approximate surface area is 207 Å². The van der Waals surface area contributed by atoms with E-state index in [0.29, 0.717) is 35.3 Å². The molecule has 1 fully saturated rings. The van der Waals surface area contributed by atoms with E-state index < -0.39 is 17.2 Å². The topological polar surface area (TPSA) is 119 Å². The van der Waals surface area contributed by atoms with Crippen LogP contribution in [-0.2, 0) is 22.6 Å². The molecule has 4 rings (SSSR count). The fourth-order valence-electron chi connectivity index (χ4n) is 4.29. The van der Waals surface area contributed by atoms with Crippen LogP contribution in [0.2, 0.25) is 0 Å². The Morgan fingerprint density at radius 3 is 2.33 bits per heavy atom. The summed E-state index contributed by atoms with van der Waals surface area (Å²) in [4.78, 5) is 40.0. The van der Waals surface area contributed by atoms with Crippen molar-refractivity contribution in [3.8, 4) is 23.0 Å². The molecule has 1 aliphatic heterocycles. The molecule has 0 spiro atoms. The number of nitrogens with zero attached hydrogens (tertiary/aromatic N) is 2. The molecule has 3 aromatic rings. The zero-order valence-corrected chi connectivity index (χ0v) is 20.7. The van der Waals surface area contributed by atoms with Crippen LogP contribution in [0.15, 0.2) is 39.9 Å². The summed E-state index contributed by atoms with van der Waals surface area (Å²) in [5, 5.41) is 2.98. The van der Waals surface area contributed by atoms with Crippen LogP contribution in [0.5, 0.6) is 23.0 Å². The number of amides is 1. The highest BCUT2D eigenvalue weighted by Gasteiger charge is 2.23. The third-order valence-corrected chi connectivity index (χ3v) is 6.12. The van der Waals surface area contributed by atoms with E-state index in [9.17, 15) is 14.4 Å². The Balaban J connectivity index is 1.80. The van der Waals surface area contributed by atoms with E-state index in [4.69, 9.17) is 23.7 Å². The number of aromatic nitrogens is 2. The van der Waals surface area contributed by atoms with E-state index in [2.05, 4.69) is 5.32 Å². The van der Waals surface area contributed by atoms with Gasteiger partial charge < -0.3 is 29.0 Å². The van der Waals surface area contributed by atoms with Gasteiger partial charge in [0.1, 0.15) is 18.0 Å². The molecule has 1 amide bonds. The molecule has 11 heteroatoms. The first-order valence-electron chi connectivity index (χ1n) is 11.4. The van der Waals surface area contributed by atoms with Gasteiger partial charge in [-0.2, -0.15) is 0 Å². The number of methoxy groups -OCH3 is 4. The highest BCUT2D eigenvalue weighted by Crippen LogP contribution is 2.31. The van der Waals surface area contributed by atoms with Gasteiger partial charge in [0.25, 0.3) is 5.56 Å². The number of hydrogen-bond acceptors (Lipinski definition) is 8. The van der Waals surface area contributed by atoms with Crippen LogP contribution in [-0.4, -0.2) is 56.2 Å². The van der Waals surface area contributed by atoms with Crippen molar-refractivity contribution in [2.24, 2.45) is 0 Å². The molecule has 36 heavy (non-hydrogen) atoms. The number of ether oxygens (including phenoxy) is 5. The number of hydrogen-bond donors (Lipinski definition) is 1. The molecule has 1 N–H and O–H groups in total. The van der Waals surface area contributed by atoms with Crippen LogP contribution in [0.3, 0.4) is 0 Å². The highest BCUT2D eigenvalue weighted by molar-refractivity contribution is 5.93. The first-order chi connectivity index (χ1) is 17.4. The lowest BCUT2D eigenvalue weighted by atomic mass is 10.2. The number of nitrogens with one attached hydrogen (secondary N) is 1. The van der Waals surface area contributed by atoms with Crippen LogP contribution < -0.4 is 35.5 Å². The first kappa shape index (κ1) is 25.1. The predicted molar refractivity (Wildman–Crippen MR) is 133 cm³/mol. The third-order valence-electron chi connectivity index (χ3n) is 6.12. The summed E-state index contributed by atoms with van der Waals surface area (Å²) >= 11 is 0. The maximum absolute atomic E-state index is 13.5. The normalized spacial score (nSPS) is 15.1. The van der Waals surface area contributed by atoms with Gasteiger partial charge in [-0.05, 0) is 31.0 Å². The SMILES string of the molecule is COc1ccc(OC)c(NC(=O)Cn2c(=O)n(C[C@@H]3CCCO3)c(=O)c3cc(OC)c(OC)cc32)c1. The molecule has 2 heterocycles. The van der Waals surface area contributed by atoms with Gasteiger partial charge >= 0.3 is 5.69 Å². The Morgan fingerprint density at radius 1 is 0.972 bits per heavy atom. The zero-order chi connectivity index (χ0) is 25.8. The van der Waals surface area contributed by atoms with Crippen molar-refractivity contribution in [1.82, 2.24) is 9.13 Å². The summed E-state index contributed by atoms with van der Waals surface area (Å²) < 4.78 is 29.3. The van der Waals surface area contributed by atoms with E-state index >= 15 is 0 Å². The molecule has 2 aromatic carbocycles. The lowest BCUT2D eigenvalue weighted by Gasteiger charge is -2.18. The van der Waals surface area contributed by atoms with Gasteiger partial charge in [0, 0.05) is 18.7 Å². The van der Waals surface area contributed by atoms with Gasteiger partial charge in [0.15, 0.2) is 11.5 Å². The van der Waals surface area contributed by atoms with E-state index in [1.165, 1.54) is 45.1 Å². The molecule has 0 radical (unpaired) electrons. The van der Waals surface area contributed by atoms with Gasteiger partial charge in [-0.25, -0.2) is 4.79 Å². The van der Waals surface area contributed by atoms with E-state index in [0.717, 1.165) is 17.4 Å². The summed E-state index contributed by atoms with van der Waals surface area (Å²) in [6.45, 7) is 0.307. The Hall–Kier alpha value is -3.99. The van der Waals surface area contributed by atoms with Crippen molar-refractivity contribution in [2.45, 2.75) is 32.0 Å². The molecular formula is C25H29N3O8. The molecular weight excluding hydrogens is 470 g/mol. The maximum Gasteiger partial charge on any atom is 0.332 e. The van der Waals surface area contributed by atoms with E-state index in [1.54, 1.807) is 18.2 Å². The Bertz CT molecular complexity index is 1390. The molecule has 0 saturated carbocycles. The smallest absolute Gasteiger partial charge is 0.332 e. The van der Waals surface area contributed by atoms with E-state index in [-0.39, 0.29) is 30.1 Å². The molecule has 0 unspecified atom stereocenters. The third kappa shape index (κ3) is 4.87. The summed E-state index contributed by atoms with van der Waals surface area (Å²) in [5.41, 5.74) is -0.481. The van der Waals surface area contributed by atoms with Crippen LogP contribution >= 0.6 is 0 Å². The molecule has 1 aromatic heterocycles. The van der Waals surface area contributed by atoms with Crippen molar-refractivity contribution in [1.29, 1.82) is 0 Å².